The van der Waals surface area contributed by atoms with Gasteiger partial charge in [0.15, 0.2) is 5.58 Å². The predicted octanol–water partition coefficient (Wildman–Crippen LogP) is 6.75. The van der Waals surface area contributed by atoms with Crippen molar-refractivity contribution in [1.29, 1.82) is 0 Å². The minimum atomic E-state index is 0. The van der Waals surface area contributed by atoms with Gasteiger partial charge in [0.25, 0.3) is 0 Å². The van der Waals surface area contributed by atoms with Gasteiger partial charge < -0.3 is 14.0 Å². The number of pyridine rings is 1. The fourth-order valence-electron chi connectivity index (χ4n) is 3.89. The van der Waals surface area contributed by atoms with E-state index in [1.165, 1.54) is 0 Å². The summed E-state index contributed by atoms with van der Waals surface area (Å²) in [4.78, 5) is 7.00. The molecule has 0 spiro atoms. The smallest absolute Gasteiger partial charge is 0.436 e. The topological polar surface area (TPSA) is 47.1 Å². The normalized spacial score (nSPS) is 10.7. The molecule has 0 aliphatic heterocycles. The van der Waals surface area contributed by atoms with E-state index in [4.69, 9.17) is 9.51 Å². The maximum Gasteiger partial charge on any atom is 2.00 e. The second kappa shape index (κ2) is 9.50. The van der Waals surface area contributed by atoms with Crippen LogP contribution in [-0.2, 0) is 21.1 Å². The number of anilines is 3. The number of hydrogen-bond acceptors (Lipinski definition) is 4. The summed E-state index contributed by atoms with van der Waals surface area (Å²) in [5.41, 5.74) is 4.21. The quantitative estimate of drug-likeness (QED) is 0.200. The Morgan fingerprint density at radius 2 is 1.62 bits per heavy atom. The molecule has 6 rings (SSSR count). The fraction of sp³-hybridized carbons (Fsp3) is 0. The average Bonchev–Trinajstić information content (AvgIpc) is 3.56. The van der Waals surface area contributed by atoms with Gasteiger partial charge in [0.05, 0.1) is 5.82 Å². The Bertz CT molecular complexity index is 1530. The molecule has 34 heavy (non-hydrogen) atoms. The summed E-state index contributed by atoms with van der Waals surface area (Å²) < 4.78 is 7.40. The van der Waals surface area contributed by atoms with E-state index < -0.39 is 0 Å². The maximum atomic E-state index is 5.53. The summed E-state index contributed by atoms with van der Waals surface area (Å²) in [6.45, 7) is 0. The van der Waals surface area contributed by atoms with Gasteiger partial charge >= 0.3 is 21.1 Å². The van der Waals surface area contributed by atoms with Gasteiger partial charge in [-0.25, -0.2) is 0 Å². The molecule has 6 heteroatoms. The van der Waals surface area contributed by atoms with Crippen LogP contribution in [0.5, 0.6) is 0 Å². The van der Waals surface area contributed by atoms with Crippen LogP contribution in [0.15, 0.2) is 114 Å². The minimum absolute atomic E-state index is 0. The van der Waals surface area contributed by atoms with Gasteiger partial charge in [0.1, 0.15) is 5.82 Å². The molecular weight excluding hydrogens is 603 g/mol. The number of nitrogens with zero attached hydrogens (tertiary/aromatic N) is 4. The molecule has 0 saturated heterocycles. The molecule has 166 valence electrons. The number of aromatic nitrogens is 3. The Hall–Kier alpha value is -3.95. The fourth-order valence-corrected chi connectivity index (χ4v) is 3.89. The summed E-state index contributed by atoms with van der Waals surface area (Å²) in [7, 11) is 0. The zero-order valence-corrected chi connectivity index (χ0v) is 20.2. The van der Waals surface area contributed by atoms with Crippen molar-refractivity contribution >= 4 is 28.2 Å². The van der Waals surface area contributed by atoms with Crippen LogP contribution in [0.25, 0.3) is 28.0 Å². The van der Waals surface area contributed by atoms with Crippen LogP contribution in [0.2, 0.25) is 0 Å². The molecule has 5 nitrogen and oxygen atoms in total. The Balaban J connectivity index is 0.00000241. The first-order chi connectivity index (χ1) is 16.4. The molecule has 6 aromatic rings. The predicted molar refractivity (Wildman–Crippen MR) is 129 cm³/mol. The van der Waals surface area contributed by atoms with E-state index in [9.17, 15) is 0 Å². The molecule has 0 N–H and O–H groups in total. The molecule has 3 heterocycles. The summed E-state index contributed by atoms with van der Waals surface area (Å²) in [6.07, 6.45) is 5.08. The summed E-state index contributed by atoms with van der Waals surface area (Å²) in [6, 6.07) is 37.3. The third kappa shape index (κ3) is 4.07. The van der Waals surface area contributed by atoms with Gasteiger partial charge in [-0.05, 0) is 30.0 Å². The van der Waals surface area contributed by atoms with E-state index >= 15 is 0 Å². The first-order valence-corrected chi connectivity index (χ1v) is 10.6. The van der Waals surface area contributed by atoms with Crippen molar-refractivity contribution in [3.8, 4) is 17.1 Å². The van der Waals surface area contributed by atoms with Gasteiger partial charge in [-0.15, -0.1) is 47.2 Å². The number of fused-ring (bicyclic) bond motifs is 1. The van der Waals surface area contributed by atoms with Crippen LogP contribution in [-0.4, -0.2) is 14.7 Å². The van der Waals surface area contributed by atoms with Gasteiger partial charge in [-0.3, -0.25) is 4.98 Å². The van der Waals surface area contributed by atoms with Gasteiger partial charge in [0, 0.05) is 16.8 Å². The monoisotopic (exact) mass is 621 g/mol. The maximum absolute atomic E-state index is 5.53. The van der Waals surface area contributed by atoms with Crippen molar-refractivity contribution in [2.45, 2.75) is 0 Å². The van der Waals surface area contributed by atoms with Crippen molar-refractivity contribution in [2.75, 3.05) is 4.90 Å². The van der Waals surface area contributed by atoms with E-state index in [1.54, 1.807) is 0 Å². The molecule has 3 aromatic heterocycles. The van der Waals surface area contributed by atoms with E-state index in [2.05, 4.69) is 34.5 Å². The standard InChI is InChI=1S/C28H18N4O.Pt/c1-2-11-22(12-3-1)32(27-17-9-16-26(29-27)31-18-6-7-19-31)23-13-8-10-21(20-23)28-24-14-4-5-15-25(24)33-30-28;/h1-18H;/q-2;+2. The van der Waals surface area contributed by atoms with Crippen LogP contribution in [0.1, 0.15) is 0 Å². The molecule has 0 atom stereocenters. The molecular formula is C28H18N4OPt. The van der Waals surface area contributed by atoms with Crippen molar-refractivity contribution < 1.29 is 25.6 Å². The van der Waals surface area contributed by atoms with Crippen molar-refractivity contribution in [2.24, 2.45) is 0 Å². The Morgan fingerprint density at radius 3 is 2.47 bits per heavy atom. The van der Waals surface area contributed by atoms with Crippen LogP contribution in [0, 0.1) is 12.3 Å². The van der Waals surface area contributed by atoms with Crippen molar-refractivity contribution in [3.63, 3.8) is 0 Å². The molecule has 0 aliphatic rings. The molecule has 0 unspecified atom stereocenters. The number of benzene rings is 3. The third-order valence-corrected chi connectivity index (χ3v) is 5.41. The largest absolute Gasteiger partial charge is 2.00 e. The van der Waals surface area contributed by atoms with Crippen LogP contribution in [0.4, 0.5) is 17.2 Å². The number of hydrogen-bond donors (Lipinski definition) is 0. The van der Waals surface area contributed by atoms with Crippen LogP contribution < -0.4 is 4.90 Å². The van der Waals surface area contributed by atoms with E-state index in [-0.39, 0.29) is 21.1 Å². The van der Waals surface area contributed by atoms with Crippen molar-refractivity contribution in [3.05, 3.63) is 122 Å². The zero-order valence-electron chi connectivity index (χ0n) is 17.9. The summed E-state index contributed by atoms with van der Waals surface area (Å²) in [5.74, 6) is 1.57. The second-order valence-corrected chi connectivity index (χ2v) is 7.51. The van der Waals surface area contributed by atoms with E-state index in [0.717, 1.165) is 45.2 Å². The first kappa shape index (κ1) is 21.9. The minimum Gasteiger partial charge on any atom is -0.436 e. The summed E-state index contributed by atoms with van der Waals surface area (Å²) in [5, 5.41) is 5.27. The number of para-hydroxylation sites is 2. The third-order valence-electron chi connectivity index (χ3n) is 5.41. The SMILES string of the molecule is [Pt+2].[c-]1c(-c2noc3ccccc23)cccc1N(c1ccccc1)c1cccc(-n2[c-]ccc2)n1. The van der Waals surface area contributed by atoms with Crippen LogP contribution >= 0.6 is 0 Å². The summed E-state index contributed by atoms with van der Waals surface area (Å²) >= 11 is 0. The zero-order chi connectivity index (χ0) is 22.0. The molecule has 0 radical (unpaired) electrons. The van der Waals surface area contributed by atoms with E-state index in [0.29, 0.717) is 0 Å². The molecule has 3 aromatic carbocycles. The molecule has 0 bridgehead atoms. The molecule has 0 saturated carbocycles. The Kier molecular flexibility index (Phi) is 6.11. The van der Waals surface area contributed by atoms with Gasteiger partial charge in [0.2, 0.25) is 0 Å². The first-order valence-electron chi connectivity index (χ1n) is 10.6. The Labute approximate surface area is 211 Å². The molecule has 0 amide bonds. The van der Waals surface area contributed by atoms with Crippen LogP contribution in [0.3, 0.4) is 0 Å². The molecule has 0 fully saturated rings. The van der Waals surface area contributed by atoms with Crippen molar-refractivity contribution in [1.82, 2.24) is 14.7 Å². The molecule has 0 aliphatic carbocycles. The van der Waals surface area contributed by atoms with Gasteiger partial charge in [-0.1, -0.05) is 54.7 Å². The van der Waals surface area contributed by atoms with E-state index in [1.807, 2.05) is 102 Å². The average molecular weight is 622 g/mol. The second-order valence-electron chi connectivity index (χ2n) is 7.51. The number of rotatable bonds is 5. The Morgan fingerprint density at radius 1 is 0.794 bits per heavy atom. The van der Waals surface area contributed by atoms with Gasteiger partial charge in [-0.2, -0.15) is 6.07 Å².